The molecule has 0 aliphatic carbocycles. The molecule has 0 aromatic heterocycles. The number of aliphatic hydroxyl groups is 1. The van der Waals surface area contributed by atoms with E-state index in [0.29, 0.717) is 25.9 Å². The second kappa shape index (κ2) is 8.05. The summed E-state index contributed by atoms with van der Waals surface area (Å²) in [6, 6.07) is 0. The lowest BCUT2D eigenvalue weighted by molar-refractivity contribution is 0.00734. The Hall–Kier alpha value is -1.50. The molecule has 1 fully saturated rings. The maximum absolute atomic E-state index is 12.0. The lowest BCUT2D eigenvalue weighted by atomic mass is 9.91. The second-order valence-electron chi connectivity index (χ2n) is 8.25. The Labute approximate surface area is 144 Å². The first kappa shape index (κ1) is 20.5. The molecule has 1 atom stereocenters. The van der Waals surface area contributed by atoms with Gasteiger partial charge in [0.2, 0.25) is 0 Å². The van der Waals surface area contributed by atoms with Crippen LogP contribution in [0.3, 0.4) is 0 Å². The highest BCUT2D eigenvalue weighted by Gasteiger charge is 2.30. The standard InChI is InChI=1S/C17H32N2O5/c1-16(2,3)23-14(21)18-11-13(20)12-7-9-19(10-8-12)15(22)24-17(4,5)6/h12-13,20H,7-11H2,1-6H3,(H,18,21). The summed E-state index contributed by atoms with van der Waals surface area (Å²) in [5.74, 6) is 0.0404. The zero-order valence-corrected chi connectivity index (χ0v) is 15.7. The molecule has 7 heteroatoms. The van der Waals surface area contributed by atoms with Gasteiger partial charge in [0.25, 0.3) is 0 Å². The molecular weight excluding hydrogens is 312 g/mol. The van der Waals surface area contributed by atoms with Crippen LogP contribution >= 0.6 is 0 Å². The van der Waals surface area contributed by atoms with E-state index in [1.54, 1.807) is 25.7 Å². The van der Waals surface area contributed by atoms with Gasteiger partial charge >= 0.3 is 12.2 Å². The van der Waals surface area contributed by atoms with Gasteiger partial charge in [-0.3, -0.25) is 0 Å². The van der Waals surface area contributed by atoms with Crippen molar-refractivity contribution in [3.05, 3.63) is 0 Å². The summed E-state index contributed by atoms with van der Waals surface area (Å²) < 4.78 is 10.5. The van der Waals surface area contributed by atoms with Gasteiger partial charge in [-0.15, -0.1) is 0 Å². The number of aliphatic hydroxyl groups excluding tert-OH is 1. The molecule has 0 aromatic rings. The highest BCUT2D eigenvalue weighted by molar-refractivity contribution is 5.68. The Morgan fingerprint density at radius 3 is 2.04 bits per heavy atom. The van der Waals surface area contributed by atoms with Crippen LogP contribution in [0.25, 0.3) is 0 Å². The quantitative estimate of drug-likeness (QED) is 0.821. The van der Waals surface area contributed by atoms with Gasteiger partial charge in [0, 0.05) is 19.6 Å². The van der Waals surface area contributed by atoms with Crippen LogP contribution in [0.15, 0.2) is 0 Å². The van der Waals surface area contributed by atoms with Crippen molar-refractivity contribution < 1.29 is 24.2 Å². The maximum atomic E-state index is 12.0. The number of likely N-dealkylation sites (tertiary alicyclic amines) is 1. The predicted molar refractivity (Wildman–Crippen MR) is 90.8 cm³/mol. The molecule has 0 bridgehead atoms. The number of hydrogen-bond acceptors (Lipinski definition) is 5. The van der Waals surface area contributed by atoms with Crippen LogP contribution in [0.2, 0.25) is 0 Å². The van der Waals surface area contributed by atoms with Gasteiger partial charge in [-0.25, -0.2) is 9.59 Å². The highest BCUT2D eigenvalue weighted by Crippen LogP contribution is 2.22. The molecule has 0 aromatic carbocycles. The molecule has 0 spiro atoms. The van der Waals surface area contributed by atoms with Gasteiger partial charge in [0.05, 0.1) is 6.10 Å². The molecule has 24 heavy (non-hydrogen) atoms. The zero-order valence-electron chi connectivity index (χ0n) is 15.7. The highest BCUT2D eigenvalue weighted by atomic mass is 16.6. The van der Waals surface area contributed by atoms with Crippen LogP contribution in [0, 0.1) is 5.92 Å². The number of carbonyl (C=O) groups is 2. The molecule has 1 rings (SSSR count). The van der Waals surface area contributed by atoms with Crippen molar-refractivity contribution in [3.63, 3.8) is 0 Å². The van der Waals surface area contributed by atoms with Crippen LogP contribution in [-0.2, 0) is 9.47 Å². The summed E-state index contributed by atoms with van der Waals surface area (Å²) in [4.78, 5) is 25.3. The van der Waals surface area contributed by atoms with Crippen LogP contribution in [-0.4, -0.2) is 59.1 Å². The summed E-state index contributed by atoms with van der Waals surface area (Å²) in [7, 11) is 0. The Bertz CT molecular complexity index is 431. The molecule has 1 heterocycles. The third kappa shape index (κ3) is 7.86. The van der Waals surface area contributed by atoms with Crippen molar-refractivity contribution in [2.45, 2.75) is 71.7 Å². The van der Waals surface area contributed by atoms with E-state index in [9.17, 15) is 14.7 Å². The maximum Gasteiger partial charge on any atom is 0.410 e. The Kier molecular flexibility index (Phi) is 6.89. The molecule has 0 saturated carbocycles. The Morgan fingerprint density at radius 1 is 1.08 bits per heavy atom. The number of amides is 2. The first-order valence-corrected chi connectivity index (χ1v) is 8.50. The summed E-state index contributed by atoms with van der Waals surface area (Å²) in [6.45, 7) is 12.1. The van der Waals surface area contributed by atoms with Crippen molar-refractivity contribution in [1.82, 2.24) is 10.2 Å². The summed E-state index contributed by atoms with van der Waals surface area (Å²) in [6.07, 6.45) is -0.152. The number of carbonyl (C=O) groups excluding carboxylic acids is 2. The normalized spacial score (nSPS) is 18.0. The van der Waals surface area contributed by atoms with Crippen molar-refractivity contribution >= 4 is 12.2 Å². The average molecular weight is 344 g/mol. The Morgan fingerprint density at radius 2 is 1.58 bits per heavy atom. The number of ether oxygens (including phenoxy) is 2. The van der Waals surface area contributed by atoms with Gasteiger partial charge in [-0.05, 0) is 60.3 Å². The topological polar surface area (TPSA) is 88.1 Å². The second-order valence-corrected chi connectivity index (χ2v) is 8.25. The average Bonchev–Trinajstić information content (AvgIpc) is 2.41. The molecule has 1 unspecified atom stereocenters. The van der Waals surface area contributed by atoms with Crippen molar-refractivity contribution in [2.24, 2.45) is 5.92 Å². The number of nitrogens with one attached hydrogen (secondary N) is 1. The molecule has 0 radical (unpaired) electrons. The number of rotatable bonds is 3. The minimum absolute atomic E-state index is 0.0404. The third-order valence-corrected chi connectivity index (χ3v) is 3.59. The minimum atomic E-state index is -0.654. The number of piperidine rings is 1. The van der Waals surface area contributed by atoms with Gasteiger partial charge in [0.1, 0.15) is 11.2 Å². The predicted octanol–water partition coefficient (Wildman–Crippen LogP) is 2.52. The van der Waals surface area contributed by atoms with E-state index in [0.717, 1.165) is 0 Å². The lowest BCUT2D eigenvalue weighted by Crippen LogP contribution is -2.46. The molecule has 1 aliphatic rings. The van der Waals surface area contributed by atoms with Crippen LogP contribution in [0.1, 0.15) is 54.4 Å². The van der Waals surface area contributed by atoms with E-state index < -0.39 is 23.4 Å². The third-order valence-electron chi connectivity index (χ3n) is 3.59. The van der Waals surface area contributed by atoms with Crippen molar-refractivity contribution in [1.29, 1.82) is 0 Å². The summed E-state index contributed by atoms with van der Waals surface area (Å²) in [5, 5.41) is 12.8. The van der Waals surface area contributed by atoms with Crippen LogP contribution in [0.4, 0.5) is 9.59 Å². The first-order valence-electron chi connectivity index (χ1n) is 8.50. The zero-order chi connectivity index (χ0) is 18.5. The van der Waals surface area contributed by atoms with E-state index in [2.05, 4.69) is 5.32 Å². The van der Waals surface area contributed by atoms with E-state index in [-0.39, 0.29) is 18.6 Å². The van der Waals surface area contributed by atoms with Gasteiger partial charge in [-0.1, -0.05) is 0 Å². The van der Waals surface area contributed by atoms with E-state index in [1.807, 2.05) is 20.8 Å². The fourth-order valence-electron chi connectivity index (χ4n) is 2.46. The molecule has 7 nitrogen and oxygen atoms in total. The first-order chi connectivity index (χ1) is 10.9. The van der Waals surface area contributed by atoms with E-state index in [1.165, 1.54) is 0 Å². The monoisotopic (exact) mass is 344 g/mol. The number of nitrogens with zero attached hydrogens (tertiary/aromatic N) is 1. The van der Waals surface area contributed by atoms with Gasteiger partial charge in [-0.2, -0.15) is 0 Å². The smallest absolute Gasteiger partial charge is 0.410 e. The van der Waals surface area contributed by atoms with Gasteiger partial charge < -0.3 is 24.8 Å². The molecular formula is C17H32N2O5. The van der Waals surface area contributed by atoms with E-state index in [4.69, 9.17) is 9.47 Å². The molecule has 2 amide bonds. The van der Waals surface area contributed by atoms with Crippen molar-refractivity contribution in [2.75, 3.05) is 19.6 Å². The minimum Gasteiger partial charge on any atom is -0.444 e. The largest absolute Gasteiger partial charge is 0.444 e. The summed E-state index contributed by atoms with van der Waals surface area (Å²) in [5.41, 5.74) is -1.07. The SMILES string of the molecule is CC(C)(C)OC(=O)NCC(O)C1CCN(C(=O)OC(C)(C)C)CC1. The molecule has 140 valence electrons. The van der Waals surface area contributed by atoms with Crippen LogP contribution in [0.5, 0.6) is 0 Å². The van der Waals surface area contributed by atoms with E-state index >= 15 is 0 Å². The van der Waals surface area contributed by atoms with Gasteiger partial charge in [0.15, 0.2) is 0 Å². The van der Waals surface area contributed by atoms with Crippen LogP contribution < -0.4 is 5.32 Å². The molecule has 1 saturated heterocycles. The van der Waals surface area contributed by atoms with Crippen molar-refractivity contribution in [3.8, 4) is 0 Å². The fourth-order valence-corrected chi connectivity index (χ4v) is 2.46. The lowest BCUT2D eigenvalue weighted by Gasteiger charge is -2.35. The number of alkyl carbamates (subject to hydrolysis) is 1. The summed E-state index contributed by atoms with van der Waals surface area (Å²) >= 11 is 0. The molecule has 2 N–H and O–H groups in total. The number of hydrogen-bond donors (Lipinski definition) is 2. The Balaban J connectivity index is 2.34. The molecule has 1 aliphatic heterocycles. The fraction of sp³-hybridized carbons (Fsp3) is 0.882.